The lowest BCUT2D eigenvalue weighted by Crippen LogP contribution is -2.15. The Balaban J connectivity index is 0.000000479. The van der Waals surface area contributed by atoms with E-state index in [0.717, 1.165) is 59.6 Å². The normalized spacial score (nSPS) is 11.7. The first-order valence-corrected chi connectivity index (χ1v) is 16.0. The molecule has 0 saturated carbocycles. The minimum absolute atomic E-state index is 0.129. The number of hydrogen-bond acceptors (Lipinski definition) is 5. The Kier molecular flexibility index (Phi) is 17.1. The highest BCUT2D eigenvalue weighted by atomic mass is 19.1. The van der Waals surface area contributed by atoms with E-state index in [-0.39, 0.29) is 23.9 Å². The molecule has 46 heavy (non-hydrogen) atoms. The Bertz CT molecular complexity index is 1440. The number of hydrogen-bond donors (Lipinski definition) is 3. The van der Waals surface area contributed by atoms with Crippen molar-refractivity contribution in [2.45, 2.75) is 85.0 Å². The molecule has 0 aliphatic heterocycles. The van der Waals surface area contributed by atoms with Crippen molar-refractivity contribution in [1.29, 1.82) is 0 Å². The first-order valence-electron chi connectivity index (χ1n) is 16.0. The predicted octanol–water partition coefficient (Wildman–Crippen LogP) is 8.28. The van der Waals surface area contributed by atoms with Gasteiger partial charge in [-0.1, -0.05) is 75.7 Å². The molecule has 1 aromatic heterocycles. The van der Waals surface area contributed by atoms with Gasteiger partial charge in [0.15, 0.2) is 0 Å². The van der Waals surface area contributed by atoms with Gasteiger partial charge in [0.1, 0.15) is 5.82 Å². The minimum Gasteiger partial charge on any atom is -0.471 e. The quantitative estimate of drug-likeness (QED) is 0.129. The van der Waals surface area contributed by atoms with Crippen molar-refractivity contribution in [3.8, 4) is 22.4 Å². The lowest BCUT2D eigenvalue weighted by molar-refractivity contribution is -0.126. The zero-order valence-electron chi connectivity index (χ0n) is 27.7. The highest BCUT2D eigenvalue weighted by Gasteiger charge is 2.28. The maximum absolute atomic E-state index is 13.8. The van der Waals surface area contributed by atoms with Crippen LogP contribution in [-0.2, 0) is 22.5 Å². The molecule has 0 radical (unpaired) electrons. The lowest BCUT2D eigenvalue weighted by atomic mass is 9.96. The molecule has 4 aromatic rings. The van der Waals surface area contributed by atoms with E-state index in [1.165, 1.54) is 19.2 Å². The predicted molar refractivity (Wildman–Crippen MR) is 184 cm³/mol. The summed E-state index contributed by atoms with van der Waals surface area (Å²) in [6.07, 6.45) is 4.45. The van der Waals surface area contributed by atoms with Gasteiger partial charge in [-0.3, -0.25) is 9.59 Å². The van der Waals surface area contributed by atoms with E-state index in [0.29, 0.717) is 31.3 Å². The maximum atomic E-state index is 13.8. The molecule has 0 bridgehead atoms. The third kappa shape index (κ3) is 11.6. The molecule has 7 nitrogen and oxygen atoms in total. The number of aliphatic hydroxyl groups is 2. The molecule has 0 spiro atoms. The Morgan fingerprint density at radius 2 is 1.50 bits per heavy atom. The second-order valence-electron chi connectivity index (χ2n) is 10.9. The number of ether oxygens (including phenoxy) is 1. The Morgan fingerprint density at radius 1 is 0.913 bits per heavy atom. The molecule has 0 aliphatic carbocycles. The average molecular weight is 633 g/mol. The summed E-state index contributed by atoms with van der Waals surface area (Å²) in [4.78, 5) is 22.7. The standard InChI is InChI=1S/C29H29FN2O.C7H16O2.C2H4O2/c1-3-5-20-32-25(4-2)27(29(33)31-24-14-10-7-11-15-24)26(21-12-8-6-9-13-21)28(32)22-16-18-23(30)19-17-22;1-3-7(9)5-4-6(2)8;1-4-2-3/h6-19H,3-5,20H2,1-2H3,(H,31,33);6-9H,3-5H2,1-2H3;2H,1H3. The van der Waals surface area contributed by atoms with Crippen LogP contribution in [0.4, 0.5) is 10.1 Å². The lowest BCUT2D eigenvalue weighted by Gasteiger charge is -2.14. The molecule has 1 amide bonds. The number of halogens is 1. The van der Waals surface area contributed by atoms with E-state index < -0.39 is 0 Å². The van der Waals surface area contributed by atoms with E-state index in [2.05, 4.69) is 28.5 Å². The summed E-state index contributed by atoms with van der Waals surface area (Å²) in [5.41, 5.74) is 6.17. The fourth-order valence-electron chi connectivity index (χ4n) is 4.99. The van der Waals surface area contributed by atoms with E-state index in [9.17, 15) is 9.18 Å². The highest BCUT2D eigenvalue weighted by Crippen LogP contribution is 2.40. The highest BCUT2D eigenvalue weighted by molar-refractivity contribution is 6.12. The first kappa shape index (κ1) is 37.9. The second kappa shape index (κ2) is 20.7. The number of nitrogens with one attached hydrogen (secondary N) is 1. The van der Waals surface area contributed by atoms with Gasteiger partial charge < -0.3 is 24.8 Å². The molecule has 0 aliphatic rings. The number of aromatic nitrogens is 1. The van der Waals surface area contributed by atoms with Crippen LogP contribution >= 0.6 is 0 Å². The van der Waals surface area contributed by atoms with Gasteiger partial charge in [-0.05, 0) is 86.6 Å². The van der Waals surface area contributed by atoms with Crippen LogP contribution in [0.5, 0.6) is 0 Å². The van der Waals surface area contributed by atoms with Gasteiger partial charge in [0.05, 0.1) is 30.6 Å². The summed E-state index contributed by atoms with van der Waals surface area (Å²) in [5, 5.41) is 20.9. The van der Waals surface area contributed by atoms with E-state index in [4.69, 9.17) is 15.0 Å². The van der Waals surface area contributed by atoms with Crippen LogP contribution in [0.15, 0.2) is 84.9 Å². The van der Waals surface area contributed by atoms with Crippen molar-refractivity contribution in [2.24, 2.45) is 0 Å². The molecule has 2 atom stereocenters. The zero-order valence-corrected chi connectivity index (χ0v) is 27.7. The molecule has 8 heteroatoms. The van der Waals surface area contributed by atoms with Crippen molar-refractivity contribution in [1.82, 2.24) is 4.57 Å². The monoisotopic (exact) mass is 632 g/mol. The van der Waals surface area contributed by atoms with E-state index >= 15 is 0 Å². The first-order chi connectivity index (χ1) is 22.2. The molecular formula is C38H49FN2O5. The summed E-state index contributed by atoms with van der Waals surface area (Å²) < 4.78 is 19.9. The molecule has 4 rings (SSSR count). The Morgan fingerprint density at radius 3 is 2.00 bits per heavy atom. The van der Waals surface area contributed by atoms with Gasteiger partial charge >= 0.3 is 0 Å². The third-order valence-corrected chi connectivity index (χ3v) is 7.37. The molecular weight excluding hydrogens is 583 g/mol. The third-order valence-electron chi connectivity index (χ3n) is 7.37. The van der Waals surface area contributed by atoms with Crippen LogP contribution in [0.2, 0.25) is 0 Å². The number of methoxy groups -OCH3 is 1. The number of aliphatic hydroxyl groups excluding tert-OH is 2. The number of rotatable bonds is 13. The van der Waals surface area contributed by atoms with Crippen LogP contribution in [0, 0.1) is 5.82 Å². The Labute approximate surface area is 273 Å². The fourth-order valence-corrected chi connectivity index (χ4v) is 4.99. The number of carbonyl (C=O) groups is 2. The van der Waals surface area contributed by atoms with Gasteiger partial charge in [-0.25, -0.2) is 4.39 Å². The fraction of sp³-hybridized carbons (Fsp3) is 0.368. The van der Waals surface area contributed by atoms with Crippen molar-refractivity contribution >= 4 is 18.1 Å². The van der Waals surface area contributed by atoms with Crippen molar-refractivity contribution < 1.29 is 28.9 Å². The van der Waals surface area contributed by atoms with Crippen molar-refractivity contribution in [2.75, 3.05) is 12.4 Å². The number of nitrogens with zero attached hydrogens (tertiary/aromatic N) is 1. The zero-order chi connectivity index (χ0) is 33.9. The SMILES string of the molecule is CCC(O)CCC(C)O.CCCCn1c(CC)c(C(=O)Nc2ccccc2)c(-c2ccccc2)c1-c1ccc(F)cc1.COC=O. The largest absolute Gasteiger partial charge is 0.471 e. The summed E-state index contributed by atoms with van der Waals surface area (Å²) in [7, 11) is 1.31. The molecule has 0 fully saturated rings. The summed E-state index contributed by atoms with van der Waals surface area (Å²) in [6.45, 7) is 9.09. The van der Waals surface area contributed by atoms with Gasteiger partial charge in [-0.2, -0.15) is 0 Å². The number of para-hydroxylation sites is 1. The van der Waals surface area contributed by atoms with E-state index in [1.54, 1.807) is 19.1 Å². The van der Waals surface area contributed by atoms with Crippen molar-refractivity contribution in [3.05, 3.63) is 102 Å². The summed E-state index contributed by atoms with van der Waals surface area (Å²) in [5.74, 6) is -0.403. The van der Waals surface area contributed by atoms with Crippen LogP contribution in [-0.4, -0.2) is 46.5 Å². The number of amides is 1. The Hall–Kier alpha value is -4.27. The molecule has 0 saturated heterocycles. The molecule has 3 N–H and O–H groups in total. The van der Waals surface area contributed by atoms with Crippen molar-refractivity contribution in [3.63, 3.8) is 0 Å². The topological polar surface area (TPSA) is 101 Å². The van der Waals surface area contributed by atoms with E-state index in [1.807, 2.05) is 67.6 Å². The van der Waals surface area contributed by atoms with Gasteiger partial charge in [0, 0.05) is 23.5 Å². The van der Waals surface area contributed by atoms with Crippen LogP contribution in [0.3, 0.4) is 0 Å². The molecule has 3 aromatic carbocycles. The molecule has 1 heterocycles. The number of benzene rings is 3. The number of unbranched alkanes of at least 4 members (excludes halogenated alkanes) is 1. The van der Waals surface area contributed by atoms with Gasteiger partial charge in [0.2, 0.25) is 0 Å². The molecule has 248 valence electrons. The molecule has 2 unspecified atom stereocenters. The second-order valence-corrected chi connectivity index (χ2v) is 10.9. The van der Waals surface area contributed by atoms with Gasteiger partial charge in [0.25, 0.3) is 12.4 Å². The number of carbonyl (C=O) groups excluding carboxylic acids is 2. The smallest absolute Gasteiger partial charge is 0.292 e. The van der Waals surface area contributed by atoms with Crippen LogP contribution in [0.25, 0.3) is 22.4 Å². The summed E-state index contributed by atoms with van der Waals surface area (Å²) in [6, 6.07) is 26.1. The average Bonchev–Trinajstić information content (AvgIpc) is 3.42. The van der Waals surface area contributed by atoms with Crippen LogP contribution < -0.4 is 5.32 Å². The van der Waals surface area contributed by atoms with Crippen LogP contribution in [0.1, 0.15) is 75.9 Å². The van der Waals surface area contributed by atoms with Gasteiger partial charge in [-0.15, -0.1) is 0 Å². The minimum atomic E-state index is -0.274. The maximum Gasteiger partial charge on any atom is 0.292 e. The number of anilines is 1. The summed E-state index contributed by atoms with van der Waals surface area (Å²) >= 11 is 0.